The fourth-order valence-corrected chi connectivity index (χ4v) is 9.84. The van der Waals surface area contributed by atoms with Crippen LogP contribution in [0.4, 0.5) is 0 Å². The van der Waals surface area contributed by atoms with Gasteiger partial charge in [0.25, 0.3) is 11.6 Å². The summed E-state index contributed by atoms with van der Waals surface area (Å²) in [4.78, 5) is 0. The maximum atomic E-state index is 2.58. The van der Waals surface area contributed by atoms with Crippen LogP contribution in [-0.4, -0.2) is 9.13 Å². The van der Waals surface area contributed by atoms with E-state index < -0.39 is 0 Å². The molecule has 0 spiro atoms. The SMILES string of the molecule is CCCCCCCCCCCCCCCCn1c(C)[n+](Cc2ccc(C[n+]3c(C)n(CCCCCCCCCCCCCCCC)c4ccccc43)cc2)c2ccccc21. The molecular formula is C56H88N4+2. The fraction of sp³-hybridized carbons (Fsp3) is 0.643. The molecule has 4 heteroatoms. The number of unbranched alkanes of at least 4 members (excludes halogenated alkanes) is 26. The molecule has 4 nitrogen and oxygen atoms in total. The molecule has 0 aliphatic rings. The summed E-state index contributed by atoms with van der Waals surface area (Å²) in [5, 5.41) is 0. The standard InChI is InChI=1S/C56H88N4/c1-5-7-9-11-13-15-17-19-21-23-25-27-29-35-45-57-49(3)59(55-39-33-31-37-53(55)57)47-51-41-43-52(44-42-51)48-60-50(4)58(54-38-32-34-40-56(54)60)46-36-30-28-26-24-22-20-18-16-14-12-10-8-6-2/h31-34,37-44H,5-30,35-36,45-48H2,1-4H3/q+2. The highest BCUT2D eigenvalue weighted by Crippen LogP contribution is 2.21. The molecule has 0 atom stereocenters. The van der Waals surface area contributed by atoms with Crippen LogP contribution in [0.5, 0.6) is 0 Å². The van der Waals surface area contributed by atoms with Crippen LogP contribution in [0.1, 0.15) is 216 Å². The van der Waals surface area contributed by atoms with Crippen LogP contribution in [0.15, 0.2) is 72.8 Å². The van der Waals surface area contributed by atoms with Crippen molar-refractivity contribution in [3.05, 3.63) is 95.6 Å². The van der Waals surface area contributed by atoms with E-state index in [1.165, 1.54) is 225 Å². The summed E-state index contributed by atoms with van der Waals surface area (Å²) < 4.78 is 10.2. The molecular weight excluding hydrogens is 729 g/mol. The Morgan fingerprint density at radius 2 is 0.600 bits per heavy atom. The number of hydrogen-bond acceptors (Lipinski definition) is 0. The molecule has 0 amide bonds. The maximum absolute atomic E-state index is 2.58. The van der Waals surface area contributed by atoms with E-state index in [9.17, 15) is 0 Å². The van der Waals surface area contributed by atoms with Crippen molar-refractivity contribution in [1.29, 1.82) is 0 Å². The Bertz CT molecular complexity index is 1740. The van der Waals surface area contributed by atoms with Crippen molar-refractivity contribution in [2.45, 2.75) is 234 Å². The van der Waals surface area contributed by atoms with Crippen LogP contribution in [0, 0.1) is 13.8 Å². The van der Waals surface area contributed by atoms with Crippen LogP contribution in [0.25, 0.3) is 22.1 Å². The van der Waals surface area contributed by atoms with Gasteiger partial charge in [0.2, 0.25) is 0 Å². The second-order valence-corrected chi connectivity index (χ2v) is 18.6. The molecule has 5 rings (SSSR count). The first-order valence-electron chi connectivity index (χ1n) is 25.7. The van der Waals surface area contributed by atoms with Crippen LogP contribution >= 0.6 is 0 Å². The second-order valence-electron chi connectivity index (χ2n) is 18.6. The van der Waals surface area contributed by atoms with Crippen molar-refractivity contribution >= 4 is 22.1 Å². The molecule has 0 saturated heterocycles. The Morgan fingerprint density at radius 1 is 0.333 bits per heavy atom. The van der Waals surface area contributed by atoms with Gasteiger partial charge >= 0.3 is 0 Å². The minimum absolute atomic E-state index is 0.906. The average Bonchev–Trinajstić information content (AvgIpc) is 3.69. The van der Waals surface area contributed by atoms with Gasteiger partial charge in [-0.3, -0.25) is 0 Å². The molecule has 0 unspecified atom stereocenters. The van der Waals surface area contributed by atoms with Crippen molar-refractivity contribution in [2.75, 3.05) is 0 Å². The molecule has 2 aromatic heterocycles. The van der Waals surface area contributed by atoms with Crippen LogP contribution in [0.2, 0.25) is 0 Å². The number of fused-ring (bicyclic) bond motifs is 2. The van der Waals surface area contributed by atoms with Crippen LogP contribution in [0.3, 0.4) is 0 Å². The molecule has 2 heterocycles. The molecule has 0 saturated carbocycles. The normalized spacial score (nSPS) is 11.8. The van der Waals surface area contributed by atoms with Crippen molar-refractivity contribution in [1.82, 2.24) is 9.13 Å². The van der Waals surface area contributed by atoms with E-state index in [4.69, 9.17) is 0 Å². The predicted molar refractivity (Wildman–Crippen MR) is 259 cm³/mol. The third-order valence-electron chi connectivity index (χ3n) is 13.7. The van der Waals surface area contributed by atoms with Gasteiger partial charge in [-0.15, -0.1) is 0 Å². The van der Waals surface area contributed by atoms with Gasteiger partial charge in [-0.05, 0) is 61.1 Å². The lowest BCUT2D eigenvalue weighted by atomic mass is 10.0. The summed E-state index contributed by atoms with van der Waals surface area (Å²) in [6.45, 7) is 13.3. The van der Waals surface area contributed by atoms with Gasteiger partial charge in [-0.2, -0.15) is 0 Å². The molecule has 0 N–H and O–H groups in total. The summed E-state index contributed by atoms with van der Waals surface area (Å²) in [6.07, 6.45) is 39.3. The first-order chi connectivity index (χ1) is 29.6. The number of para-hydroxylation sites is 4. The average molecular weight is 817 g/mol. The molecule has 0 bridgehead atoms. The predicted octanol–water partition coefficient (Wildman–Crippen LogP) is 15.8. The Kier molecular flexibility index (Phi) is 22.4. The molecule has 3 aromatic carbocycles. The van der Waals surface area contributed by atoms with Crippen molar-refractivity contribution in [3.63, 3.8) is 0 Å². The molecule has 60 heavy (non-hydrogen) atoms. The van der Waals surface area contributed by atoms with E-state index in [0.29, 0.717) is 0 Å². The number of rotatable bonds is 34. The quantitative estimate of drug-likeness (QED) is 0.0291. The van der Waals surface area contributed by atoms with E-state index in [1.54, 1.807) is 0 Å². The van der Waals surface area contributed by atoms with E-state index in [-0.39, 0.29) is 0 Å². The van der Waals surface area contributed by atoms with E-state index in [0.717, 1.165) is 26.2 Å². The highest BCUT2D eigenvalue weighted by Gasteiger charge is 2.23. The monoisotopic (exact) mass is 817 g/mol. The van der Waals surface area contributed by atoms with Crippen LogP contribution in [-0.2, 0) is 26.2 Å². The van der Waals surface area contributed by atoms with Crippen LogP contribution < -0.4 is 9.13 Å². The van der Waals surface area contributed by atoms with Crippen molar-refractivity contribution in [2.24, 2.45) is 0 Å². The van der Waals surface area contributed by atoms with Gasteiger partial charge in [-0.1, -0.05) is 216 Å². The summed E-state index contributed by atoms with van der Waals surface area (Å²) in [7, 11) is 0. The minimum Gasteiger partial charge on any atom is -0.227 e. The van der Waals surface area contributed by atoms with Crippen molar-refractivity contribution in [3.8, 4) is 0 Å². The number of benzene rings is 3. The van der Waals surface area contributed by atoms with Gasteiger partial charge in [0.15, 0.2) is 22.1 Å². The molecule has 0 radical (unpaired) electrons. The Morgan fingerprint density at radius 3 is 0.900 bits per heavy atom. The zero-order valence-electron chi connectivity index (χ0n) is 39.3. The third kappa shape index (κ3) is 15.5. The largest absolute Gasteiger partial charge is 0.254 e. The second kappa shape index (κ2) is 28.2. The maximum Gasteiger partial charge on any atom is 0.254 e. The summed E-state index contributed by atoms with van der Waals surface area (Å²) in [5.74, 6) is 2.74. The molecule has 5 aromatic rings. The number of aromatic nitrogens is 4. The van der Waals surface area contributed by atoms with E-state index >= 15 is 0 Å². The lowest BCUT2D eigenvalue weighted by Crippen LogP contribution is -2.37. The smallest absolute Gasteiger partial charge is 0.227 e. The molecule has 0 aliphatic carbocycles. The number of nitrogens with zero attached hydrogens (tertiary/aromatic N) is 4. The third-order valence-corrected chi connectivity index (χ3v) is 13.7. The zero-order valence-corrected chi connectivity index (χ0v) is 39.3. The number of hydrogen-bond donors (Lipinski definition) is 0. The van der Waals surface area contributed by atoms with Gasteiger partial charge in [0.1, 0.15) is 13.1 Å². The summed E-state index contributed by atoms with van der Waals surface area (Å²) in [6, 6.07) is 27.5. The first-order valence-corrected chi connectivity index (χ1v) is 25.7. The molecule has 0 aliphatic heterocycles. The first kappa shape index (κ1) is 47.6. The minimum atomic E-state index is 0.906. The number of imidazole rings is 2. The molecule has 330 valence electrons. The Balaban J connectivity index is 1.05. The Labute approximate surface area is 368 Å². The lowest BCUT2D eigenvalue weighted by molar-refractivity contribution is -0.670. The highest BCUT2D eigenvalue weighted by molar-refractivity contribution is 5.73. The van der Waals surface area contributed by atoms with Gasteiger partial charge in [-0.25, -0.2) is 18.3 Å². The van der Waals surface area contributed by atoms with Gasteiger partial charge in [0.05, 0.1) is 13.1 Å². The summed E-state index contributed by atoms with van der Waals surface area (Å²) >= 11 is 0. The zero-order chi connectivity index (χ0) is 42.0. The molecule has 0 fully saturated rings. The summed E-state index contributed by atoms with van der Waals surface area (Å²) in [5.41, 5.74) is 8.18. The highest BCUT2D eigenvalue weighted by atomic mass is 15.2. The lowest BCUT2D eigenvalue weighted by Gasteiger charge is -2.06. The van der Waals surface area contributed by atoms with Crippen molar-refractivity contribution < 1.29 is 9.13 Å². The fourth-order valence-electron chi connectivity index (χ4n) is 9.84. The number of aryl methyl sites for hydroxylation is 2. The van der Waals surface area contributed by atoms with E-state index in [1.807, 2.05) is 0 Å². The Hall–Kier alpha value is -3.40. The van der Waals surface area contributed by atoms with Gasteiger partial charge in [0, 0.05) is 13.8 Å². The van der Waals surface area contributed by atoms with Gasteiger partial charge < -0.3 is 0 Å². The topological polar surface area (TPSA) is 17.6 Å². The van der Waals surface area contributed by atoms with E-state index in [2.05, 4.69) is 119 Å².